The first-order valence-corrected chi connectivity index (χ1v) is 8.33. The van der Waals surface area contributed by atoms with E-state index in [1.165, 1.54) is 36.3 Å². The topological polar surface area (TPSA) is 117 Å². The molecule has 0 fully saturated rings. The van der Waals surface area contributed by atoms with E-state index in [-0.39, 0.29) is 11.5 Å². The van der Waals surface area contributed by atoms with Crippen LogP contribution < -0.4 is 0 Å². The van der Waals surface area contributed by atoms with Crippen LogP contribution in [0.25, 0.3) is 10.2 Å². The number of thioether (sulfide) groups is 1. The fraction of sp³-hybridized carbons (Fsp3) is 0.286. The fourth-order valence-electron chi connectivity index (χ4n) is 1.70. The summed E-state index contributed by atoms with van der Waals surface area (Å²) in [4.78, 5) is 32.4. The van der Waals surface area contributed by atoms with Gasteiger partial charge in [-0.05, 0) is 18.4 Å². The first kappa shape index (κ1) is 17.1. The van der Waals surface area contributed by atoms with Crippen molar-refractivity contribution in [1.82, 2.24) is 9.97 Å². The zero-order chi connectivity index (χ0) is 16.8. The Bertz CT molecular complexity index is 797. The van der Waals surface area contributed by atoms with Gasteiger partial charge in [0, 0.05) is 11.1 Å². The molecule has 118 valence electrons. The fourth-order valence-corrected chi connectivity index (χ4v) is 3.27. The molecule has 9 heteroatoms. The number of Topliss-reactive ketones (excluding diaryl/α,β-unsaturated/α-hetero) is 1. The predicted octanol–water partition coefficient (Wildman–Crippen LogP) is 2.08. The zero-order valence-corrected chi connectivity index (χ0v) is 13.7. The molecule has 0 bridgehead atoms. The summed E-state index contributed by atoms with van der Waals surface area (Å²) in [5.74, 6) is -2.34. The Morgan fingerprint density at radius 1 is 1.52 bits per heavy atom. The van der Waals surface area contributed by atoms with Crippen LogP contribution in [-0.2, 0) is 14.3 Å². The number of nitriles is 1. The van der Waals surface area contributed by atoms with Gasteiger partial charge in [0.1, 0.15) is 22.1 Å². The van der Waals surface area contributed by atoms with E-state index in [2.05, 4.69) is 9.97 Å². The summed E-state index contributed by atoms with van der Waals surface area (Å²) in [6.07, 6.45) is 1.43. The molecule has 2 heterocycles. The van der Waals surface area contributed by atoms with Crippen molar-refractivity contribution in [3.63, 3.8) is 0 Å². The van der Waals surface area contributed by atoms with E-state index < -0.39 is 24.3 Å². The number of fused-ring (bicyclic) bond motifs is 1. The van der Waals surface area contributed by atoms with Crippen LogP contribution in [0.5, 0.6) is 0 Å². The molecule has 1 unspecified atom stereocenters. The van der Waals surface area contributed by atoms with E-state index in [0.29, 0.717) is 5.03 Å². The van der Waals surface area contributed by atoms with Gasteiger partial charge in [0.2, 0.25) is 0 Å². The molecule has 0 saturated heterocycles. The molecule has 23 heavy (non-hydrogen) atoms. The highest BCUT2D eigenvalue weighted by Crippen LogP contribution is 2.27. The first-order valence-electron chi connectivity index (χ1n) is 6.47. The number of carbonyl (C=O) groups excluding carboxylic acids is 2. The summed E-state index contributed by atoms with van der Waals surface area (Å²) in [6, 6.07) is 3.59. The van der Waals surface area contributed by atoms with Crippen molar-refractivity contribution < 1.29 is 14.3 Å². The summed E-state index contributed by atoms with van der Waals surface area (Å²) in [5.41, 5.74) is -0.0660. The van der Waals surface area contributed by atoms with Gasteiger partial charge in [0.15, 0.2) is 12.4 Å². The average Bonchev–Trinajstić information content (AvgIpc) is 3.00. The zero-order valence-electron chi connectivity index (χ0n) is 12.1. The van der Waals surface area contributed by atoms with Gasteiger partial charge in [-0.3, -0.25) is 9.59 Å². The largest absolute Gasteiger partial charge is 0.457 e. The second-order valence-electron chi connectivity index (χ2n) is 4.48. The SMILES string of the molecule is CC(=N)C(C#N)C(=O)COC(=O)CSc1ncnc2sccc12. The van der Waals surface area contributed by atoms with Crippen molar-refractivity contribution in [2.75, 3.05) is 12.4 Å². The lowest BCUT2D eigenvalue weighted by atomic mass is 10.0. The van der Waals surface area contributed by atoms with E-state index in [0.717, 1.165) is 10.2 Å². The van der Waals surface area contributed by atoms with Crippen LogP contribution in [0.4, 0.5) is 0 Å². The van der Waals surface area contributed by atoms with Gasteiger partial charge >= 0.3 is 5.97 Å². The highest BCUT2D eigenvalue weighted by atomic mass is 32.2. The molecule has 2 aromatic heterocycles. The molecule has 0 radical (unpaired) electrons. The van der Waals surface area contributed by atoms with Crippen LogP contribution in [0.15, 0.2) is 22.8 Å². The summed E-state index contributed by atoms with van der Waals surface area (Å²) >= 11 is 2.68. The van der Waals surface area contributed by atoms with E-state index in [9.17, 15) is 9.59 Å². The van der Waals surface area contributed by atoms with Gasteiger partial charge in [0.05, 0.1) is 11.8 Å². The number of hydrogen-bond donors (Lipinski definition) is 1. The number of thiophene rings is 1. The van der Waals surface area contributed by atoms with Crippen LogP contribution in [0.3, 0.4) is 0 Å². The number of esters is 1. The second kappa shape index (κ2) is 7.80. The molecular formula is C14H12N4O3S2. The normalized spacial score (nSPS) is 11.7. The number of rotatable bonds is 7. The summed E-state index contributed by atoms with van der Waals surface area (Å²) in [5, 5.41) is 19.5. The molecule has 2 aromatic rings. The Hall–Kier alpha value is -2.31. The van der Waals surface area contributed by atoms with Crippen LogP contribution in [-0.4, -0.2) is 39.8 Å². The number of aromatic nitrogens is 2. The molecule has 7 nitrogen and oxygen atoms in total. The number of nitrogens with zero attached hydrogens (tertiary/aromatic N) is 3. The Morgan fingerprint density at radius 3 is 3.00 bits per heavy atom. The molecule has 0 amide bonds. The molecular weight excluding hydrogens is 336 g/mol. The summed E-state index contributed by atoms with van der Waals surface area (Å²) in [6.45, 7) is 0.857. The van der Waals surface area contributed by atoms with Crippen molar-refractivity contribution in [1.29, 1.82) is 10.7 Å². The Balaban J connectivity index is 1.86. The van der Waals surface area contributed by atoms with E-state index >= 15 is 0 Å². The molecule has 0 aliphatic rings. The monoisotopic (exact) mass is 348 g/mol. The maximum absolute atomic E-state index is 11.7. The Morgan fingerprint density at radius 2 is 2.30 bits per heavy atom. The quantitative estimate of drug-likeness (QED) is 0.352. The van der Waals surface area contributed by atoms with Crippen molar-refractivity contribution >= 4 is 50.8 Å². The van der Waals surface area contributed by atoms with Gasteiger partial charge in [0.25, 0.3) is 0 Å². The van der Waals surface area contributed by atoms with E-state index in [4.69, 9.17) is 15.4 Å². The predicted molar refractivity (Wildman–Crippen MR) is 86.6 cm³/mol. The third-order valence-electron chi connectivity index (χ3n) is 2.81. The van der Waals surface area contributed by atoms with Gasteiger partial charge < -0.3 is 10.1 Å². The minimum absolute atomic E-state index is 0.00394. The van der Waals surface area contributed by atoms with Gasteiger partial charge in [-0.15, -0.1) is 11.3 Å². The molecule has 2 rings (SSSR count). The Kier molecular flexibility index (Phi) is 5.78. The first-order chi connectivity index (χ1) is 11.0. The minimum atomic E-state index is -1.16. The third kappa shape index (κ3) is 4.34. The lowest BCUT2D eigenvalue weighted by Gasteiger charge is -2.07. The smallest absolute Gasteiger partial charge is 0.316 e. The van der Waals surface area contributed by atoms with Crippen molar-refractivity contribution in [2.45, 2.75) is 11.9 Å². The number of carbonyl (C=O) groups is 2. The molecule has 0 spiro atoms. The molecule has 0 aromatic carbocycles. The van der Waals surface area contributed by atoms with E-state index in [1.54, 1.807) is 6.07 Å². The van der Waals surface area contributed by atoms with Crippen molar-refractivity contribution in [3.05, 3.63) is 17.8 Å². The van der Waals surface area contributed by atoms with Gasteiger partial charge in [-0.2, -0.15) is 5.26 Å². The van der Waals surface area contributed by atoms with Gasteiger partial charge in [-0.25, -0.2) is 9.97 Å². The number of ketones is 1. The van der Waals surface area contributed by atoms with Crippen LogP contribution >= 0.6 is 23.1 Å². The Labute approximate surface area is 140 Å². The maximum atomic E-state index is 11.7. The highest BCUT2D eigenvalue weighted by Gasteiger charge is 2.21. The lowest BCUT2D eigenvalue weighted by molar-refractivity contribution is -0.145. The van der Waals surface area contributed by atoms with E-state index in [1.807, 2.05) is 11.4 Å². The average molecular weight is 348 g/mol. The number of hydrogen-bond acceptors (Lipinski definition) is 9. The molecule has 1 N–H and O–H groups in total. The van der Waals surface area contributed by atoms with Crippen molar-refractivity contribution in [2.24, 2.45) is 5.92 Å². The third-order valence-corrected chi connectivity index (χ3v) is 4.61. The van der Waals surface area contributed by atoms with Crippen LogP contribution in [0.1, 0.15) is 6.92 Å². The van der Waals surface area contributed by atoms with Gasteiger partial charge in [-0.1, -0.05) is 11.8 Å². The number of nitrogens with one attached hydrogen (secondary N) is 1. The number of ether oxygens (including phenoxy) is 1. The minimum Gasteiger partial charge on any atom is -0.457 e. The molecule has 0 aliphatic heterocycles. The molecule has 0 saturated carbocycles. The summed E-state index contributed by atoms with van der Waals surface area (Å²) in [7, 11) is 0. The van der Waals surface area contributed by atoms with Crippen molar-refractivity contribution in [3.8, 4) is 6.07 Å². The molecule has 0 aliphatic carbocycles. The summed E-state index contributed by atoms with van der Waals surface area (Å²) < 4.78 is 4.85. The lowest BCUT2D eigenvalue weighted by Crippen LogP contribution is -2.26. The standard InChI is InChI=1S/C14H12N4O3S2/c1-8(16)10(4-15)11(19)5-21-12(20)6-23-14-9-2-3-22-13(9)17-7-18-14/h2-3,7,10,16H,5-6H2,1H3. The van der Waals surface area contributed by atoms with Crippen LogP contribution in [0, 0.1) is 22.7 Å². The van der Waals surface area contributed by atoms with Crippen LogP contribution in [0.2, 0.25) is 0 Å². The maximum Gasteiger partial charge on any atom is 0.316 e. The second-order valence-corrected chi connectivity index (χ2v) is 6.34. The molecule has 1 atom stereocenters. The highest BCUT2D eigenvalue weighted by molar-refractivity contribution is 8.00.